The number of carbonyl (C=O) groups excluding carboxylic acids is 3. The van der Waals surface area contributed by atoms with Gasteiger partial charge in [0.1, 0.15) is 36.3 Å². The van der Waals surface area contributed by atoms with Crippen LogP contribution in [-0.4, -0.2) is 105 Å². The standard InChI is InChI=1S/C35H44O13/c1-6-15(2)28(39)34(43)44-23-11-16(3)21-13-22(17(4)26(21)32-27(23)18(5)33(42)48-32)45-35-30(41)29(40)31(24(14-36)46-35)47-25(38)12-19-7-9-20(37)10-8-19/h7-10,15,21-24,26-32,35-37,39-41H,3-6,11-14H2,1-2H3. The molecule has 0 aromatic heterocycles. The van der Waals surface area contributed by atoms with Gasteiger partial charge in [-0.05, 0) is 41.5 Å². The predicted octanol–water partition coefficient (Wildman–Crippen LogP) is 1.24. The molecular formula is C35H44O13. The van der Waals surface area contributed by atoms with E-state index in [0.29, 0.717) is 23.1 Å². The number of esters is 3. The molecule has 2 saturated heterocycles. The smallest absolute Gasteiger partial charge is 0.335 e. The lowest BCUT2D eigenvalue weighted by atomic mass is 9.81. The van der Waals surface area contributed by atoms with Gasteiger partial charge in [0.25, 0.3) is 0 Å². The second-order valence-corrected chi connectivity index (χ2v) is 13.2. The number of ether oxygens (including phenoxy) is 5. The number of rotatable bonds is 10. The van der Waals surface area contributed by atoms with E-state index in [9.17, 15) is 39.9 Å². The van der Waals surface area contributed by atoms with E-state index in [-0.39, 0.29) is 42.4 Å². The van der Waals surface area contributed by atoms with Gasteiger partial charge in [0.05, 0.1) is 25.0 Å². The molecule has 13 unspecified atom stereocenters. The van der Waals surface area contributed by atoms with Crippen LogP contribution < -0.4 is 0 Å². The molecule has 5 rings (SSSR count). The van der Waals surface area contributed by atoms with Crippen LogP contribution in [0.3, 0.4) is 0 Å². The van der Waals surface area contributed by atoms with Gasteiger partial charge in [-0.3, -0.25) is 4.79 Å². The molecular weight excluding hydrogens is 628 g/mol. The van der Waals surface area contributed by atoms with Crippen molar-refractivity contribution >= 4 is 17.9 Å². The first kappa shape index (κ1) is 35.7. The molecule has 13 atom stereocenters. The Bertz CT molecular complexity index is 1420. The summed E-state index contributed by atoms with van der Waals surface area (Å²) in [7, 11) is 0. The first-order chi connectivity index (χ1) is 22.7. The van der Waals surface area contributed by atoms with Crippen molar-refractivity contribution in [2.24, 2.45) is 23.7 Å². The second kappa shape index (κ2) is 14.5. The van der Waals surface area contributed by atoms with Crippen LogP contribution in [0.1, 0.15) is 38.7 Å². The zero-order valence-electron chi connectivity index (χ0n) is 27.0. The summed E-state index contributed by atoms with van der Waals surface area (Å²) >= 11 is 0. The molecule has 2 aliphatic heterocycles. The number of benzene rings is 1. The highest BCUT2D eigenvalue weighted by Gasteiger charge is 2.58. The fourth-order valence-corrected chi connectivity index (χ4v) is 7.12. The lowest BCUT2D eigenvalue weighted by Crippen LogP contribution is -2.61. The lowest BCUT2D eigenvalue weighted by Gasteiger charge is -2.42. The van der Waals surface area contributed by atoms with Crippen molar-refractivity contribution in [1.82, 2.24) is 0 Å². The molecule has 2 saturated carbocycles. The molecule has 13 nitrogen and oxygen atoms in total. The van der Waals surface area contributed by atoms with Gasteiger partial charge in [0.15, 0.2) is 18.5 Å². The van der Waals surface area contributed by atoms with Crippen LogP contribution in [0, 0.1) is 23.7 Å². The molecule has 0 spiro atoms. The average molecular weight is 673 g/mol. The van der Waals surface area contributed by atoms with E-state index in [2.05, 4.69) is 19.7 Å². The largest absolute Gasteiger partial charge is 0.508 e. The summed E-state index contributed by atoms with van der Waals surface area (Å²) in [6.07, 6.45) is -10.4. The third-order valence-corrected chi connectivity index (χ3v) is 10.1. The van der Waals surface area contributed by atoms with Crippen LogP contribution in [-0.2, 0) is 44.5 Å². The van der Waals surface area contributed by atoms with E-state index in [1.165, 1.54) is 24.3 Å². The Labute approximate surface area is 278 Å². The van der Waals surface area contributed by atoms with Gasteiger partial charge in [0, 0.05) is 17.9 Å². The monoisotopic (exact) mass is 672 g/mol. The number of aliphatic hydroxyl groups is 4. The van der Waals surface area contributed by atoms with Gasteiger partial charge in [-0.25, -0.2) is 9.59 Å². The fourth-order valence-electron chi connectivity index (χ4n) is 7.12. The van der Waals surface area contributed by atoms with Gasteiger partial charge in [0.2, 0.25) is 0 Å². The number of phenols is 1. The normalized spacial score (nSPS) is 36.0. The molecule has 13 heteroatoms. The second-order valence-electron chi connectivity index (χ2n) is 13.2. The quantitative estimate of drug-likeness (QED) is 0.103. The number of fused-ring (bicyclic) bond motifs is 3. The maximum absolute atomic E-state index is 12.9. The topological polar surface area (TPSA) is 199 Å². The molecule has 2 heterocycles. The molecule has 4 fully saturated rings. The van der Waals surface area contributed by atoms with Crippen molar-refractivity contribution in [3.63, 3.8) is 0 Å². The summed E-state index contributed by atoms with van der Waals surface area (Å²) in [5, 5.41) is 51.9. The van der Waals surface area contributed by atoms with Crippen LogP contribution in [0.4, 0.5) is 0 Å². The molecule has 1 aromatic carbocycles. The van der Waals surface area contributed by atoms with Gasteiger partial charge >= 0.3 is 17.9 Å². The van der Waals surface area contributed by atoms with E-state index in [0.717, 1.165) is 0 Å². The maximum Gasteiger partial charge on any atom is 0.335 e. The van der Waals surface area contributed by atoms with Gasteiger partial charge in [-0.15, -0.1) is 0 Å². The van der Waals surface area contributed by atoms with Crippen molar-refractivity contribution in [2.75, 3.05) is 6.61 Å². The molecule has 2 aliphatic carbocycles. The van der Waals surface area contributed by atoms with Gasteiger partial charge in [-0.2, -0.15) is 0 Å². The van der Waals surface area contributed by atoms with Gasteiger partial charge < -0.3 is 49.2 Å². The van der Waals surface area contributed by atoms with E-state index in [1.54, 1.807) is 6.92 Å². The highest BCUT2D eigenvalue weighted by molar-refractivity contribution is 5.91. The molecule has 4 aliphatic rings. The van der Waals surface area contributed by atoms with Crippen LogP contribution in [0.5, 0.6) is 5.75 Å². The van der Waals surface area contributed by atoms with E-state index >= 15 is 0 Å². The van der Waals surface area contributed by atoms with Crippen molar-refractivity contribution in [3.05, 3.63) is 66.3 Å². The first-order valence-electron chi connectivity index (χ1n) is 16.2. The number of aliphatic hydroxyl groups excluding tert-OH is 4. The summed E-state index contributed by atoms with van der Waals surface area (Å²) < 4.78 is 28.9. The minimum atomic E-state index is -1.68. The number of hydrogen-bond donors (Lipinski definition) is 5. The lowest BCUT2D eigenvalue weighted by molar-refractivity contribution is -0.310. The summed E-state index contributed by atoms with van der Waals surface area (Å²) in [5.41, 5.74) is 1.85. The Morgan fingerprint density at radius 3 is 2.40 bits per heavy atom. The molecule has 1 aromatic rings. The molecule has 5 N–H and O–H groups in total. The zero-order chi connectivity index (χ0) is 35.0. The van der Waals surface area contributed by atoms with Crippen LogP contribution in [0.15, 0.2) is 60.7 Å². The Morgan fingerprint density at radius 2 is 1.75 bits per heavy atom. The zero-order valence-corrected chi connectivity index (χ0v) is 27.0. The minimum Gasteiger partial charge on any atom is -0.508 e. The fraction of sp³-hybridized carbons (Fsp3) is 0.571. The molecule has 0 radical (unpaired) electrons. The third-order valence-electron chi connectivity index (χ3n) is 10.1. The number of hydrogen-bond acceptors (Lipinski definition) is 13. The highest BCUT2D eigenvalue weighted by Crippen LogP contribution is 2.53. The van der Waals surface area contributed by atoms with Crippen molar-refractivity contribution in [2.45, 2.75) is 94.7 Å². The third kappa shape index (κ3) is 6.93. The predicted molar refractivity (Wildman–Crippen MR) is 167 cm³/mol. The number of carbonyl (C=O) groups is 3. The summed E-state index contributed by atoms with van der Waals surface area (Å²) in [6.45, 7) is 15.3. The summed E-state index contributed by atoms with van der Waals surface area (Å²) in [5.74, 6) is -4.09. The Hall–Kier alpha value is -3.59. The van der Waals surface area contributed by atoms with E-state index in [1.807, 2.05) is 6.92 Å². The molecule has 0 amide bonds. The maximum atomic E-state index is 12.9. The van der Waals surface area contributed by atoms with Crippen LogP contribution in [0.2, 0.25) is 0 Å². The van der Waals surface area contributed by atoms with Gasteiger partial charge in [-0.1, -0.05) is 57.7 Å². The molecule has 0 bridgehead atoms. The summed E-state index contributed by atoms with van der Waals surface area (Å²) in [6, 6.07) is 5.89. The highest BCUT2D eigenvalue weighted by atomic mass is 16.7. The Balaban J connectivity index is 1.28. The SMILES string of the molecule is C=C1CC(OC(=O)C(O)C(C)CC)C2C(=C)C(=O)OC2C2C(=C)C(OC3OC(CO)C(OC(=O)Cc4ccc(O)cc4)C(O)C3O)CC12. The first-order valence-corrected chi connectivity index (χ1v) is 16.2. The van der Waals surface area contributed by atoms with Crippen molar-refractivity contribution in [3.8, 4) is 5.75 Å². The van der Waals surface area contributed by atoms with Crippen LogP contribution >= 0.6 is 0 Å². The number of phenolic OH excluding ortho intramolecular Hbond substituents is 1. The minimum absolute atomic E-state index is 0.0271. The van der Waals surface area contributed by atoms with Crippen molar-refractivity contribution < 1.29 is 63.6 Å². The van der Waals surface area contributed by atoms with E-state index in [4.69, 9.17) is 23.7 Å². The average Bonchev–Trinajstić information content (AvgIpc) is 3.50. The number of aromatic hydroxyl groups is 1. The van der Waals surface area contributed by atoms with Crippen LogP contribution in [0.25, 0.3) is 0 Å². The van der Waals surface area contributed by atoms with E-state index < -0.39 is 91.5 Å². The van der Waals surface area contributed by atoms with Crippen molar-refractivity contribution in [1.29, 1.82) is 0 Å². The molecule has 48 heavy (non-hydrogen) atoms. The Morgan fingerprint density at radius 1 is 1.06 bits per heavy atom. The molecule has 262 valence electrons. The summed E-state index contributed by atoms with van der Waals surface area (Å²) in [4.78, 5) is 38.3. The Kier molecular flexibility index (Phi) is 10.8.